The molecule has 0 aromatic heterocycles. The Kier molecular flexibility index (Phi) is 5.27. The van der Waals surface area contributed by atoms with Gasteiger partial charge in [-0.05, 0) is 6.92 Å². The van der Waals surface area contributed by atoms with Crippen molar-refractivity contribution < 1.29 is 23.4 Å². The molecule has 0 heterocycles. The van der Waals surface area contributed by atoms with Crippen LogP contribution in [0.25, 0.3) is 0 Å². The number of halogens is 2. The number of hydrogen-bond acceptors (Lipinski definition) is 2. The maximum atomic E-state index is 11.5. The topological polar surface area (TPSA) is 58.6 Å². The van der Waals surface area contributed by atoms with Gasteiger partial charge in [0, 0.05) is 0 Å². The lowest BCUT2D eigenvalue weighted by Crippen LogP contribution is -2.35. The van der Waals surface area contributed by atoms with E-state index >= 15 is 0 Å². The van der Waals surface area contributed by atoms with Crippen LogP contribution in [0.2, 0.25) is 0 Å². The highest BCUT2D eigenvalue weighted by Crippen LogP contribution is 1.93. The van der Waals surface area contributed by atoms with Gasteiger partial charge in [-0.25, -0.2) is 13.6 Å². The molecule has 4 nitrogen and oxygen atoms in total. The van der Waals surface area contributed by atoms with Gasteiger partial charge in [0.2, 0.25) is 0 Å². The summed E-state index contributed by atoms with van der Waals surface area (Å²) in [7, 11) is 0. The Hall–Kier alpha value is -0.910. The largest absolute Gasteiger partial charge is 0.465 e. The van der Waals surface area contributed by atoms with Crippen LogP contribution in [0.5, 0.6) is 0 Å². The van der Waals surface area contributed by atoms with E-state index in [9.17, 15) is 13.6 Å². The number of ether oxygens (including phenoxy) is 1. The number of amides is 1. The van der Waals surface area contributed by atoms with E-state index in [1.807, 2.05) is 0 Å². The fourth-order valence-electron chi connectivity index (χ4n) is 0.586. The van der Waals surface area contributed by atoms with Gasteiger partial charge in [0.1, 0.15) is 6.61 Å². The summed E-state index contributed by atoms with van der Waals surface area (Å²) in [6, 6.07) is -0.471. The molecule has 12 heavy (non-hydrogen) atoms. The molecule has 0 aliphatic heterocycles. The van der Waals surface area contributed by atoms with E-state index in [0.717, 1.165) is 0 Å². The van der Waals surface area contributed by atoms with Crippen molar-refractivity contribution in [3.05, 3.63) is 0 Å². The van der Waals surface area contributed by atoms with Crippen molar-refractivity contribution in [1.82, 2.24) is 5.32 Å². The summed E-state index contributed by atoms with van der Waals surface area (Å²) in [6.45, 7) is 0.821. The fraction of sp³-hybridized carbons (Fsp3) is 0.833. The molecule has 0 fully saturated rings. The zero-order valence-electron chi connectivity index (χ0n) is 6.59. The monoisotopic (exact) mass is 183 g/mol. The van der Waals surface area contributed by atoms with E-state index in [4.69, 9.17) is 5.11 Å². The van der Waals surface area contributed by atoms with Gasteiger partial charge in [-0.1, -0.05) is 0 Å². The Balaban J connectivity index is 3.31. The first-order chi connectivity index (χ1) is 5.52. The average Bonchev–Trinajstić information content (AvgIpc) is 1.84. The maximum absolute atomic E-state index is 11.5. The molecule has 0 saturated heterocycles. The lowest BCUT2D eigenvalue weighted by atomic mass is 10.4. The summed E-state index contributed by atoms with van der Waals surface area (Å²) in [5.74, 6) is 0. The van der Waals surface area contributed by atoms with E-state index < -0.39 is 25.2 Å². The Morgan fingerprint density at radius 2 is 2.17 bits per heavy atom. The van der Waals surface area contributed by atoms with Gasteiger partial charge in [0.25, 0.3) is 6.43 Å². The van der Waals surface area contributed by atoms with Crippen molar-refractivity contribution in [3.63, 3.8) is 0 Å². The Labute approximate surface area is 68.5 Å². The second-order valence-electron chi connectivity index (χ2n) is 2.28. The van der Waals surface area contributed by atoms with Crippen molar-refractivity contribution in [2.45, 2.75) is 19.4 Å². The number of carboxylic acid groups (broad SMARTS) is 1. The van der Waals surface area contributed by atoms with Crippen LogP contribution < -0.4 is 5.32 Å². The normalized spacial score (nSPS) is 13.0. The molecular weight excluding hydrogens is 172 g/mol. The van der Waals surface area contributed by atoms with Crippen LogP contribution in [0, 0.1) is 0 Å². The smallest absolute Gasteiger partial charge is 0.404 e. The minimum atomic E-state index is -2.51. The average molecular weight is 183 g/mol. The van der Waals surface area contributed by atoms with Gasteiger partial charge in [0.05, 0.1) is 12.6 Å². The minimum absolute atomic E-state index is 0.0450. The predicted octanol–water partition coefficient (Wildman–Crippen LogP) is 0.924. The molecule has 0 spiro atoms. The molecule has 0 rings (SSSR count). The minimum Gasteiger partial charge on any atom is -0.465 e. The van der Waals surface area contributed by atoms with E-state index in [-0.39, 0.29) is 6.61 Å². The van der Waals surface area contributed by atoms with Gasteiger partial charge in [-0.15, -0.1) is 0 Å². The summed E-state index contributed by atoms with van der Waals surface area (Å²) >= 11 is 0. The molecule has 0 radical (unpaired) electrons. The summed E-state index contributed by atoms with van der Waals surface area (Å²) in [4.78, 5) is 9.99. The highest BCUT2D eigenvalue weighted by molar-refractivity contribution is 5.64. The first-order valence-electron chi connectivity index (χ1n) is 3.37. The first kappa shape index (κ1) is 11.1. The van der Waals surface area contributed by atoms with Crippen LogP contribution >= 0.6 is 0 Å². The third-order valence-corrected chi connectivity index (χ3v) is 0.982. The zero-order chi connectivity index (χ0) is 9.56. The third-order valence-electron chi connectivity index (χ3n) is 0.982. The van der Waals surface area contributed by atoms with E-state index in [1.165, 1.54) is 6.92 Å². The number of alkyl halides is 2. The quantitative estimate of drug-likeness (QED) is 0.666. The lowest BCUT2D eigenvalue weighted by Gasteiger charge is -2.10. The van der Waals surface area contributed by atoms with Gasteiger partial charge < -0.3 is 15.2 Å². The summed E-state index contributed by atoms with van der Waals surface area (Å²) in [5, 5.41) is 10.2. The van der Waals surface area contributed by atoms with Crippen LogP contribution in [-0.2, 0) is 4.74 Å². The van der Waals surface area contributed by atoms with Crippen molar-refractivity contribution in [3.8, 4) is 0 Å². The second-order valence-corrected chi connectivity index (χ2v) is 2.28. The van der Waals surface area contributed by atoms with Crippen molar-refractivity contribution in [1.29, 1.82) is 0 Å². The fourth-order valence-corrected chi connectivity index (χ4v) is 0.586. The predicted molar refractivity (Wildman–Crippen MR) is 37.4 cm³/mol. The van der Waals surface area contributed by atoms with Crippen LogP contribution in [0.3, 0.4) is 0 Å². The molecule has 0 saturated carbocycles. The van der Waals surface area contributed by atoms with Gasteiger partial charge >= 0.3 is 6.09 Å². The Bertz CT molecular complexity index is 143. The van der Waals surface area contributed by atoms with Crippen molar-refractivity contribution >= 4 is 6.09 Å². The van der Waals surface area contributed by atoms with Crippen LogP contribution in [0.4, 0.5) is 13.6 Å². The van der Waals surface area contributed by atoms with E-state index in [1.54, 1.807) is 0 Å². The van der Waals surface area contributed by atoms with Gasteiger partial charge in [0.15, 0.2) is 0 Å². The number of hydrogen-bond donors (Lipinski definition) is 2. The molecule has 0 aliphatic carbocycles. The van der Waals surface area contributed by atoms with E-state index in [2.05, 4.69) is 10.1 Å². The number of carbonyl (C=O) groups is 1. The highest BCUT2D eigenvalue weighted by Gasteiger charge is 2.07. The molecule has 1 atom stereocenters. The van der Waals surface area contributed by atoms with Crippen molar-refractivity contribution in [2.24, 2.45) is 0 Å². The van der Waals surface area contributed by atoms with Crippen molar-refractivity contribution in [2.75, 3.05) is 13.2 Å². The molecule has 6 heteroatoms. The lowest BCUT2D eigenvalue weighted by molar-refractivity contribution is 0.0114. The van der Waals surface area contributed by atoms with Gasteiger partial charge in [-0.3, -0.25) is 0 Å². The summed E-state index contributed by atoms with van der Waals surface area (Å²) in [6.07, 6.45) is -3.70. The molecule has 0 unspecified atom stereocenters. The van der Waals surface area contributed by atoms with Crippen LogP contribution in [0.1, 0.15) is 6.92 Å². The molecular formula is C6H11F2NO3. The number of nitrogens with one attached hydrogen (secondary N) is 1. The highest BCUT2D eigenvalue weighted by atomic mass is 19.3. The molecule has 0 aromatic rings. The number of rotatable bonds is 5. The second kappa shape index (κ2) is 5.70. The van der Waals surface area contributed by atoms with E-state index in [0.29, 0.717) is 0 Å². The molecule has 1 amide bonds. The molecule has 0 aliphatic rings. The molecule has 72 valence electrons. The maximum Gasteiger partial charge on any atom is 0.404 e. The molecule has 0 bridgehead atoms. The Morgan fingerprint density at radius 3 is 2.58 bits per heavy atom. The zero-order valence-corrected chi connectivity index (χ0v) is 6.59. The SMILES string of the molecule is C[C@@H](COCC(F)F)NC(=O)O. The summed E-state index contributed by atoms with van der Waals surface area (Å²) in [5.41, 5.74) is 0. The molecule has 2 N–H and O–H groups in total. The van der Waals surface area contributed by atoms with Crippen LogP contribution in [-0.4, -0.2) is 36.9 Å². The Morgan fingerprint density at radius 1 is 1.58 bits per heavy atom. The van der Waals surface area contributed by atoms with Crippen LogP contribution in [0.15, 0.2) is 0 Å². The third kappa shape index (κ3) is 7.20. The standard InChI is InChI=1S/C6H11F2NO3/c1-4(9-6(10)11)2-12-3-5(7)8/h4-5,9H,2-3H2,1H3,(H,10,11)/t4-/m0/s1. The van der Waals surface area contributed by atoms with Gasteiger partial charge in [-0.2, -0.15) is 0 Å². The molecule has 0 aromatic carbocycles. The summed E-state index contributed by atoms with van der Waals surface area (Å²) < 4.78 is 27.5. The first-order valence-corrected chi connectivity index (χ1v) is 3.37.